The van der Waals surface area contributed by atoms with Gasteiger partial charge >= 0.3 is 0 Å². The maximum Gasteiger partial charge on any atom is 0.194 e. The Hall–Kier alpha value is -15.2. The highest BCUT2D eigenvalue weighted by Gasteiger charge is 2.41. The largest absolute Gasteiger partial charge is 0.289 e. The summed E-state index contributed by atoms with van der Waals surface area (Å²) in [6.45, 7) is 13.8. The molecular formula is C129H90O6. The third-order valence-corrected chi connectivity index (χ3v) is 33.3. The van der Waals surface area contributed by atoms with Crippen molar-refractivity contribution in [3.63, 3.8) is 0 Å². The summed E-state index contributed by atoms with van der Waals surface area (Å²) in [5.41, 5.74) is 34.1. The van der Waals surface area contributed by atoms with Crippen LogP contribution in [0.1, 0.15) is 147 Å². The van der Waals surface area contributed by atoms with Gasteiger partial charge in [-0.3, -0.25) is 28.8 Å². The maximum atomic E-state index is 15.9. The monoisotopic (exact) mass is 1730 g/mol. The second kappa shape index (κ2) is 27.9. The molecule has 0 unspecified atom stereocenters. The summed E-state index contributed by atoms with van der Waals surface area (Å²) in [5, 5.41) is 15.9. The third-order valence-electron chi connectivity index (χ3n) is 33.3. The van der Waals surface area contributed by atoms with Crippen molar-refractivity contribution < 1.29 is 0 Å². The van der Waals surface area contributed by atoms with Crippen LogP contribution in [0.4, 0.5) is 0 Å². The van der Waals surface area contributed by atoms with E-state index in [0.29, 0.717) is 97.0 Å². The molecule has 0 saturated heterocycles. The summed E-state index contributed by atoms with van der Waals surface area (Å²) in [6, 6.07) is 104. The molecular weight excluding hydrogens is 1650 g/mol. The summed E-state index contributed by atoms with van der Waals surface area (Å²) < 4.78 is 0. The second-order valence-electron chi connectivity index (χ2n) is 41.4. The van der Waals surface area contributed by atoms with Crippen molar-refractivity contribution in [1.82, 2.24) is 0 Å². The highest BCUT2D eigenvalue weighted by Crippen LogP contribution is 2.57. The van der Waals surface area contributed by atoms with Gasteiger partial charge in [-0.2, -0.15) is 0 Å². The van der Waals surface area contributed by atoms with Crippen LogP contribution in [-0.4, -0.2) is 0 Å². The van der Waals surface area contributed by atoms with Crippen LogP contribution < -0.4 is 32.6 Å². The summed E-state index contributed by atoms with van der Waals surface area (Å²) in [7, 11) is 0. The number of fused-ring (bicyclic) bond motifs is 36. The highest BCUT2D eigenvalue weighted by atomic mass is 16.1. The minimum absolute atomic E-state index is 0.0196. The van der Waals surface area contributed by atoms with Crippen molar-refractivity contribution in [3.8, 4) is 100 Å². The van der Waals surface area contributed by atoms with Crippen molar-refractivity contribution in [1.29, 1.82) is 0 Å². The minimum atomic E-state index is -0.281. The van der Waals surface area contributed by atoms with Gasteiger partial charge in [0.05, 0.1) is 0 Å². The van der Waals surface area contributed by atoms with E-state index in [2.05, 4.69) is 296 Å². The van der Waals surface area contributed by atoms with Gasteiger partial charge in [-0.05, 0) is 349 Å². The van der Waals surface area contributed by atoms with Crippen LogP contribution >= 0.6 is 0 Å². The Morgan fingerprint density at radius 3 is 0.541 bits per heavy atom. The van der Waals surface area contributed by atoms with E-state index in [-0.39, 0.29) is 48.8 Å². The van der Waals surface area contributed by atoms with Gasteiger partial charge < -0.3 is 0 Å². The van der Waals surface area contributed by atoms with Gasteiger partial charge in [-0.15, -0.1) is 0 Å². The molecule has 0 N–H and O–H groups in total. The van der Waals surface area contributed by atoms with E-state index in [1.165, 1.54) is 134 Å². The number of benzene rings is 17. The summed E-state index contributed by atoms with van der Waals surface area (Å²) in [4.78, 5) is 91.2. The molecule has 6 nitrogen and oxygen atoms in total. The summed E-state index contributed by atoms with van der Waals surface area (Å²) in [6.07, 6.45) is 12.9. The van der Waals surface area contributed by atoms with Crippen molar-refractivity contribution in [3.05, 3.63) is 419 Å². The van der Waals surface area contributed by atoms with Crippen LogP contribution in [0, 0.1) is 0 Å². The van der Waals surface area contributed by atoms with E-state index < -0.39 is 0 Å². The zero-order chi connectivity index (χ0) is 90.6. The van der Waals surface area contributed by atoms with Crippen molar-refractivity contribution in [2.45, 2.75) is 135 Å². The first kappa shape index (κ1) is 78.4. The molecule has 0 aromatic heterocycles. The Morgan fingerprint density at radius 1 is 0.156 bits per heavy atom. The Kier molecular flexibility index (Phi) is 16.2. The Morgan fingerprint density at radius 2 is 0.326 bits per heavy atom. The molecule has 0 spiro atoms. The number of aryl methyl sites for hydroxylation is 6. The zero-order valence-corrected chi connectivity index (χ0v) is 76.1. The molecule has 0 radical (unpaired) electrons. The third kappa shape index (κ3) is 10.8. The second-order valence-corrected chi connectivity index (χ2v) is 41.4. The molecule has 0 fully saturated rings. The lowest BCUT2D eigenvalue weighted by Crippen LogP contribution is -2.15. The number of hydrogen-bond acceptors (Lipinski definition) is 6. The van der Waals surface area contributed by atoms with Gasteiger partial charge in [0, 0.05) is 113 Å². The minimum Gasteiger partial charge on any atom is -0.289 e. The molecule has 0 bridgehead atoms. The molecule has 0 heterocycles. The van der Waals surface area contributed by atoms with Gasteiger partial charge in [0.1, 0.15) is 0 Å². The molecule has 29 rings (SSSR count). The topological polar surface area (TPSA) is 102 Å². The fraction of sp³-hybridized carbons (Fsp3) is 0.163. The van der Waals surface area contributed by atoms with Crippen LogP contribution in [0.2, 0.25) is 0 Å². The molecule has 642 valence electrons. The van der Waals surface area contributed by atoms with E-state index in [1.54, 1.807) is 0 Å². The van der Waals surface area contributed by atoms with E-state index >= 15 is 14.4 Å². The van der Waals surface area contributed by atoms with E-state index in [9.17, 15) is 14.4 Å². The number of hydrogen-bond donors (Lipinski definition) is 0. The van der Waals surface area contributed by atoms with E-state index in [0.717, 1.165) is 143 Å². The molecule has 0 saturated carbocycles. The Labute approximate surface area is 778 Å². The Balaban J connectivity index is 0.000000178. The first-order valence-corrected chi connectivity index (χ1v) is 48.4. The maximum absolute atomic E-state index is 15.9. The van der Waals surface area contributed by atoms with Crippen molar-refractivity contribution in [2.75, 3.05) is 0 Å². The van der Waals surface area contributed by atoms with Gasteiger partial charge in [-0.25, -0.2) is 0 Å². The predicted molar refractivity (Wildman–Crippen MR) is 563 cm³/mol. The lowest BCUT2D eigenvalue weighted by atomic mass is 9.81. The quantitative estimate of drug-likeness (QED) is 0.164. The predicted octanol–water partition coefficient (Wildman–Crippen LogP) is 29.6. The molecule has 0 aliphatic heterocycles. The number of rotatable bonds is 6. The highest BCUT2D eigenvalue weighted by molar-refractivity contribution is 6.45. The average molecular weight is 1740 g/mol. The fourth-order valence-corrected chi connectivity index (χ4v) is 26.4. The van der Waals surface area contributed by atoms with Crippen molar-refractivity contribution >= 4 is 129 Å². The molecule has 0 amide bonds. The van der Waals surface area contributed by atoms with Crippen LogP contribution in [0.3, 0.4) is 0 Å². The lowest BCUT2D eigenvalue weighted by Gasteiger charge is -2.22. The van der Waals surface area contributed by atoms with E-state index in [1.807, 2.05) is 36.4 Å². The smallest absolute Gasteiger partial charge is 0.194 e. The van der Waals surface area contributed by atoms with Gasteiger partial charge in [0.25, 0.3) is 0 Å². The molecule has 6 heteroatoms. The first-order valence-electron chi connectivity index (χ1n) is 48.4. The molecule has 0 atom stereocenters. The molecule has 23 aromatic carbocycles. The normalized spacial score (nSPS) is 15.3. The fourth-order valence-electron chi connectivity index (χ4n) is 26.4. The molecule has 6 aliphatic rings. The van der Waals surface area contributed by atoms with Gasteiger partial charge in [-0.1, -0.05) is 260 Å². The van der Waals surface area contributed by atoms with Crippen LogP contribution in [0.15, 0.2) is 320 Å². The molecule has 135 heavy (non-hydrogen) atoms. The molecule has 6 aliphatic carbocycles. The van der Waals surface area contributed by atoms with Gasteiger partial charge in [0.15, 0.2) is 32.6 Å². The van der Waals surface area contributed by atoms with Crippen LogP contribution in [0.5, 0.6) is 0 Å². The summed E-state index contributed by atoms with van der Waals surface area (Å²) in [5.74, 6) is 0. The van der Waals surface area contributed by atoms with Crippen LogP contribution in [-0.2, 0) is 54.8 Å². The Bertz CT molecular complexity index is 8760. The SMILES string of the molecule is CC1(C)c2cc(-c3ccccc3)ccc2-c2ccc(-c3ccc4c(c3)c(=O)c3c4c4c(=O)c5cc(-c6ccc7c(c6)C(C)(C)c6cc(-c8ccccc8)ccc6-7)ccc5c4c4c(=O)c5cc(-c6ccc7c(c6)C(C)(C)c6cc(-c8ccccc8)ccc6-7)ccc5c34)cc21.O=c1c2cc3c(cc2c2c1c1c4cc5c(cc4c(=O)c1c1c4cc6c(cc4c(=O)c21)CCCC6)CCCC5)CCCC3. The molecule has 23 aromatic rings. The van der Waals surface area contributed by atoms with Crippen LogP contribution in [0.25, 0.3) is 229 Å². The average Bonchev–Trinajstić information content (AvgIpc) is 1.50. The van der Waals surface area contributed by atoms with Gasteiger partial charge in [0.2, 0.25) is 0 Å². The lowest BCUT2D eigenvalue weighted by molar-refractivity contribution is 0.660. The zero-order valence-electron chi connectivity index (χ0n) is 76.1. The first-order chi connectivity index (χ1) is 65.7. The van der Waals surface area contributed by atoms with E-state index in [4.69, 9.17) is 0 Å². The summed E-state index contributed by atoms with van der Waals surface area (Å²) >= 11 is 0. The standard InChI is InChI=1S/C90H60O3.C39H30O3/c1-88(2)73-43-55(49-16-10-7-11-17-49)22-31-61(73)64-34-25-58(46-76(64)88)52-28-37-67-70(40-52)85(91)82-79(67)83-81(69-39-30-54(42-72(69)86(83)92)60-27-36-66-63-33-24-57(51-20-14-9-15-21-51)45-75(63)90(5,6)78(66)48-60)84-80(82)68-38-29-53(41-71(68)87(84)93)59-26-35-65-62-32-23-56(50-18-12-8-13-19-50)44-74(62)89(3,4)77(65)47-59;40-37-28-16-22-10-4-1-7-19(22)13-25(28)31-34(37)32-27-15-21-9-3-6-12-24(21)18-30(27)39(42)36(32)33-26-14-20-8-2-5-11-23(20)17-29(26)38(41)35(31)33/h7-48H,1-6H3;13-18H,1-12H2. The van der Waals surface area contributed by atoms with Crippen molar-refractivity contribution in [2.24, 2.45) is 0 Å².